The zero-order valence-electron chi connectivity index (χ0n) is 11.3. The van der Waals surface area contributed by atoms with E-state index in [0.29, 0.717) is 6.07 Å². The van der Waals surface area contributed by atoms with E-state index < -0.39 is 37.5 Å². The molecule has 0 atom stereocenters. The van der Waals surface area contributed by atoms with Gasteiger partial charge in [-0.3, -0.25) is 36.2 Å². The van der Waals surface area contributed by atoms with Gasteiger partial charge in [0.1, 0.15) is 5.56 Å². The van der Waals surface area contributed by atoms with Crippen molar-refractivity contribution < 1.29 is 14.8 Å². The Balaban J connectivity index is 3.01. The van der Waals surface area contributed by atoms with Crippen LogP contribution in [-0.4, -0.2) is 14.8 Å². The number of benzene rings is 2. The largest absolute Gasteiger partial charge is 0.315 e. The third kappa shape index (κ3) is 2.75. The number of nitrogens with zero attached hydrogens (tertiary/aromatic N) is 3. The lowest BCUT2D eigenvalue weighted by Gasteiger charge is -2.09. The molecule has 118 valence electrons. The molecule has 0 saturated carbocycles. The Labute approximate surface area is 127 Å². The fourth-order valence-corrected chi connectivity index (χ4v) is 2.14. The lowest BCUT2D eigenvalue weighted by molar-refractivity contribution is -0.400. The molecule has 0 fully saturated rings. The van der Waals surface area contributed by atoms with Gasteiger partial charge in [-0.25, -0.2) is 0 Å². The highest BCUT2D eigenvalue weighted by molar-refractivity contribution is 5.93. The topological polar surface area (TPSA) is 167 Å². The van der Waals surface area contributed by atoms with Crippen LogP contribution in [0.2, 0.25) is 0 Å². The van der Waals surface area contributed by atoms with Gasteiger partial charge in [0.2, 0.25) is 5.69 Å². The van der Waals surface area contributed by atoms with E-state index in [0.717, 1.165) is 0 Å². The van der Waals surface area contributed by atoms with E-state index in [9.17, 15) is 30.3 Å². The van der Waals surface area contributed by atoms with Gasteiger partial charge in [-0.15, -0.1) is 0 Å². The van der Waals surface area contributed by atoms with Crippen LogP contribution in [0.3, 0.4) is 0 Å². The fraction of sp³-hybridized carbons (Fsp3) is 0. The Morgan fingerprint density at radius 3 is 1.87 bits per heavy atom. The minimum absolute atomic E-state index is 0.164. The molecule has 0 aliphatic rings. The van der Waals surface area contributed by atoms with Gasteiger partial charge in [-0.2, -0.15) is 0 Å². The maximum Gasteiger partial charge on any atom is 0.315 e. The van der Waals surface area contributed by atoms with E-state index in [-0.39, 0.29) is 11.1 Å². The van der Waals surface area contributed by atoms with Crippen LogP contribution in [-0.2, 0) is 0 Å². The maximum absolute atomic E-state index is 11.4. The SMILES string of the molecule is NNc1c([N+](=O)[O-])cc([N+](=O)[O-])c(-c2ccccc2)c1[N+](=O)[O-]. The van der Waals surface area contributed by atoms with Gasteiger partial charge < -0.3 is 5.43 Å². The quantitative estimate of drug-likeness (QED) is 0.480. The summed E-state index contributed by atoms with van der Waals surface area (Å²) < 4.78 is 0. The summed E-state index contributed by atoms with van der Waals surface area (Å²) in [7, 11) is 0. The van der Waals surface area contributed by atoms with Gasteiger partial charge in [0.05, 0.1) is 20.8 Å². The first-order chi connectivity index (χ1) is 10.9. The van der Waals surface area contributed by atoms with Crippen molar-refractivity contribution in [1.29, 1.82) is 0 Å². The predicted octanol–water partition coefficient (Wildman–Crippen LogP) is 2.36. The zero-order valence-corrected chi connectivity index (χ0v) is 11.3. The summed E-state index contributed by atoms with van der Waals surface area (Å²) >= 11 is 0. The van der Waals surface area contributed by atoms with Crippen LogP contribution in [0.15, 0.2) is 36.4 Å². The number of nitro groups is 3. The van der Waals surface area contributed by atoms with E-state index in [1.54, 1.807) is 6.07 Å². The van der Waals surface area contributed by atoms with E-state index in [4.69, 9.17) is 5.84 Å². The zero-order chi connectivity index (χ0) is 17.1. The van der Waals surface area contributed by atoms with E-state index >= 15 is 0 Å². The summed E-state index contributed by atoms with van der Waals surface area (Å²) in [6.45, 7) is 0. The van der Waals surface area contributed by atoms with Crippen molar-refractivity contribution >= 4 is 22.7 Å². The third-order valence-electron chi connectivity index (χ3n) is 3.04. The molecule has 0 radical (unpaired) electrons. The van der Waals surface area contributed by atoms with Crippen molar-refractivity contribution in [3.8, 4) is 11.1 Å². The molecule has 0 amide bonds. The van der Waals surface area contributed by atoms with Gasteiger partial charge >= 0.3 is 11.4 Å². The molecule has 0 aliphatic heterocycles. The third-order valence-corrected chi connectivity index (χ3v) is 3.04. The average Bonchev–Trinajstić information content (AvgIpc) is 2.53. The van der Waals surface area contributed by atoms with E-state index in [1.165, 1.54) is 24.3 Å². The van der Waals surface area contributed by atoms with Crippen LogP contribution < -0.4 is 11.3 Å². The Hall–Kier alpha value is -3.60. The number of rotatable bonds is 5. The maximum atomic E-state index is 11.4. The number of nitrogens with two attached hydrogens (primary N) is 1. The van der Waals surface area contributed by atoms with Gasteiger partial charge in [-0.05, 0) is 5.56 Å². The molecule has 11 heteroatoms. The first-order valence-electron chi connectivity index (χ1n) is 6.04. The summed E-state index contributed by atoms with van der Waals surface area (Å²) in [5.41, 5.74) is -1.35. The van der Waals surface area contributed by atoms with Crippen LogP contribution in [0.25, 0.3) is 11.1 Å². The predicted molar refractivity (Wildman–Crippen MR) is 79.7 cm³/mol. The molecule has 0 aliphatic carbocycles. The molecule has 0 heterocycles. The highest BCUT2D eigenvalue weighted by Gasteiger charge is 2.37. The molecule has 2 rings (SSSR count). The molecule has 0 spiro atoms. The van der Waals surface area contributed by atoms with Gasteiger partial charge in [0.15, 0.2) is 0 Å². The second-order valence-corrected chi connectivity index (χ2v) is 4.30. The number of nitrogen functional groups attached to an aromatic ring is 1. The summed E-state index contributed by atoms with van der Waals surface area (Å²) in [5.74, 6) is 5.17. The molecular formula is C12H9N5O6. The van der Waals surface area contributed by atoms with Crippen LogP contribution >= 0.6 is 0 Å². The molecule has 0 saturated heterocycles. The first kappa shape index (κ1) is 15.8. The molecule has 0 aromatic heterocycles. The van der Waals surface area contributed by atoms with Crippen LogP contribution in [0, 0.1) is 30.3 Å². The standard InChI is InChI=1S/C12H9N5O6/c13-14-11-9(16(20)21)6-8(15(18)19)10(12(11)17(22)23)7-4-2-1-3-5-7/h1-6,14H,13H2. The number of nitro benzene ring substituents is 3. The lowest BCUT2D eigenvalue weighted by Crippen LogP contribution is -2.13. The Bertz CT molecular complexity index is 807. The van der Waals surface area contributed by atoms with Crippen LogP contribution in [0.4, 0.5) is 22.7 Å². The Kier molecular flexibility index (Phi) is 4.14. The molecule has 2 aromatic rings. The highest BCUT2D eigenvalue weighted by Crippen LogP contribution is 2.47. The van der Waals surface area contributed by atoms with Crippen molar-refractivity contribution in [2.45, 2.75) is 0 Å². The minimum atomic E-state index is -0.982. The molecular weight excluding hydrogens is 310 g/mol. The number of nitrogens with one attached hydrogen (secondary N) is 1. The van der Waals surface area contributed by atoms with E-state index in [1.807, 2.05) is 5.43 Å². The highest BCUT2D eigenvalue weighted by atomic mass is 16.6. The minimum Gasteiger partial charge on any atom is -0.313 e. The van der Waals surface area contributed by atoms with Crippen molar-refractivity contribution in [1.82, 2.24) is 0 Å². The second kappa shape index (κ2) is 6.03. The van der Waals surface area contributed by atoms with Crippen LogP contribution in [0.5, 0.6) is 0 Å². The summed E-state index contributed by atoms with van der Waals surface area (Å²) in [6.07, 6.45) is 0. The molecule has 3 N–H and O–H groups in total. The first-order valence-corrected chi connectivity index (χ1v) is 6.04. The summed E-state index contributed by atoms with van der Waals surface area (Å²) in [6, 6.07) is 8.15. The van der Waals surface area contributed by atoms with Gasteiger partial charge in [0.25, 0.3) is 5.69 Å². The van der Waals surface area contributed by atoms with Crippen molar-refractivity contribution in [3.05, 3.63) is 66.7 Å². The second-order valence-electron chi connectivity index (χ2n) is 4.30. The number of hydrogen-bond donors (Lipinski definition) is 2. The van der Waals surface area contributed by atoms with Gasteiger partial charge in [-0.1, -0.05) is 30.3 Å². The van der Waals surface area contributed by atoms with E-state index in [2.05, 4.69) is 0 Å². The molecule has 0 bridgehead atoms. The number of hydrogen-bond acceptors (Lipinski definition) is 8. The van der Waals surface area contributed by atoms with Gasteiger partial charge in [0, 0.05) is 0 Å². The molecule has 11 nitrogen and oxygen atoms in total. The Morgan fingerprint density at radius 1 is 0.870 bits per heavy atom. The van der Waals surface area contributed by atoms with Crippen molar-refractivity contribution in [3.63, 3.8) is 0 Å². The van der Waals surface area contributed by atoms with Crippen molar-refractivity contribution in [2.75, 3.05) is 5.43 Å². The molecule has 2 aromatic carbocycles. The molecule has 23 heavy (non-hydrogen) atoms. The smallest absolute Gasteiger partial charge is 0.313 e. The number of hydrazine groups is 1. The average molecular weight is 319 g/mol. The normalized spacial score (nSPS) is 10.1. The number of anilines is 1. The monoisotopic (exact) mass is 319 g/mol. The van der Waals surface area contributed by atoms with Crippen LogP contribution in [0.1, 0.15) is 0 Å². The van der Waals surface area contributed by atoms with Crippen molar-refractivity contribution in [2.24, 2.45) is 5.84 Å². The Morgan fingerprint density at radius 2 is 1.43 bits per heavy atom. The molecule has 0 unspecified atom stereocenters. The lowest BCUT2D eigenvalue weighted by atomic mass is 9.99. The summed E-state index contributed by atoms with van der Waals surface area (Å²) in [5, 5.41) is 33.7. The fourth-order valence-electron chi connectivity index (χ4n) is 2.14. The summed E-state index contributed by atoms with van der Waals surface area (Å²) in [4.78, 5) is 30.8.